The molecule has 112 valence electrons. The third-order valence-corrected chi connectivity index (χ3v) is 4.46. The van der Waals surface area contributed by atoms with Crippen molar-refractivity contribution in [1.29, 1.82) is 0 Å². The van der Waals surface area contributed by atoms with Crippen LogP contribution in [0.5, 0.6) is 5.75 Å². The first kappa shape index (κ1) is 15.5. The molecule has 0 aromatic heterocycles. The maximum absolute atomic E-state index is 12.8. The first-order valence-electron chi connectivity index (χ1n) is 6.53. The van der Waals surface area contributed by atoms with Gasteiger partial charge in [0.1, 0.15) is 12.4 Å². The van der Waals surface area contributed by atoms with Gasteiger partial charge in [-0.1, -0.05) is 12.1 Å². The van der Waals surface area contributed by atoms with Crippen molar-refractivity contribution in [3.05, 3.63) is 29.8 Å². The number of aliphatic hydroxyl groups is 1. The van der Waals surface area contributed by atoms with Crippen LogP contribution >= 0.6 is 11.8 Å². The van der Waals surface area contributed by atoms with Crippen LogP contribution in [-0.4, -0.2) is 29.3 Å². The Balaban J connectivity index is 1.96. The lowest BCUT2D eigenvalue weighted by Gasteiger charge is -2.26. The van der Waals surface area contributed by atoms with E-state index in [9.17, 15) is 18.3 Å². The summed E-state index contributed by atoms with van der Waals surface area (Å²) in [5, 5.41) is 10.0. The van der Waals surface area contributed by atoms with E-state index in [2.05, 4.69) is 0 Å². The number of ether oxygens (including phenoxy) is 1. The Morgan fingerprint density at radius 2 is 1.90 bits per heavy atom. The maximum Gasteiger partial charge on any atom is 0.419 e. The van der Waals surface area contributed by atoms with Crippen LogP contribution in [0, 0.1) is 5.92 Å². The van der Waals surface area contributed by atoms with Crippen LogP contribution in [0.3, 0.4) is 0 Å². The maximum atomic E-state index is 12.8. The number of benzene rings is 1. The zero-order valence-corrected chi connectivity index (χ0v) is 11.7. The molecular formula is C14H17F3O2S. The van der Waals surface area contributed by atoms with Crippen molar-refractivity contribution in [2.24, 2.45) is 5.92 Å². The minimum absolute atomic E-state index is 0.0948. The number of alkyl halides is 3. The van der Waals surface area contributed by atoms with Crippen LogP contribution in [0.2, 0.25) is 0 Å². The molecule has 1 N–H and O–H groups in total. The summed E-state index contributed by atoms with van der Waals surface area (Å²) in [6, 6.07) is 5.09. The van der Waals surface area contributed by atoms with Gasteiger partial charge in [-0.25, -0.2) is 0 Å². The fraction of sp³-hybridized carbons (Fsp3) is 0.571. The van der Waals surface area contributed by atoms with Gasteiger partial charge in [-0.05, 0) is 42.4 Å². The van der Waals surface area contributed by atoms with Gasteiger partial charge in [0.05, 0.1) is 11.7 Å². The molecule has 2 rings (SSSR count). The lowest BCUT2D eigenvalue weighted by Crippen LogP contribution is -2.30. The second-order valence-electron chi connectivity index (χ2n) is 4.82. The first-order chi connectivity index (χ1) is 9.48. The number of aliphatic hydroxyl groups excluding tert-OH is 1. The zero-order chi connectivity index (χ0) is 14.6. The van der Waals surface area contributed by atoms with Gasteiger partial charge in [0, 0.05) is 0 Å². The fourth-order valence-electron chi connectivity index (χ4n) is 2.24. The van der Waals surface area contributed by atoms with E-state index in [0.717, 1.165) is 30.4 Å². The molecule has 6 heteroatoms. The van der Waals surface area contributed by atoms with Crippen LogP contribution in [0.15, 0.2) is 24.3 Å². The molecule has 1 heterocycles. The Bertz CT molecular complexity index is 431. The lowest BCUT2D eigenvalue weighted by atomic mass is 9.96. The number of halogens is 3. The zero-order valence-electron chi connectivity index (χ0n) is 10.9. The van der Waals surface area contributed by atoms with E-state index in [1.807, 2.05) is 11.8 Å². The summed E-state index contributed by atoms with van der Waals surface area (Å²) < 4.78 is 43.5. The molecule has 0 bridgehead atoms. The largest absolute Gasteiger partial charge is 0.490 e. The average molecular weight is 306 g/mol. The molecule has 1 aliphatic rings. The Morgan fingerprint density at radius 3 is 2.55 bits per heavy atom. The van der Waals surface area contributed by atoms with Gasteiger partial charge in [-0.15, -0.1) is 0 Å². The Morgan fingerprint density at radius 1 is 1.25 bits per heavy atom. The van der Waals surface area contributed by atoms with Crippen LogP contribution in [0.1, 0.15) is 18.4 Å². The molecule has 0 spiro atoms. The van der Waals surface area contributed by atoms with Gasteiger partial charge in [-0.2, -0.15) is 24.9 Å². The molecule has 2 nitrogen and oxygen atoms in total. The standard InChI is InChI=1S/C14H17F3O2S/c15-14(16,17)11-3-1-2-4-13(11)19-9-12(18)10-5-7-20-8-6-10/h1-4,10,12,18H,5-9H2. The highest BCUT2D eigenvalue weighted by Crippen LogP contribution is 2.36. The predicted molar refractivity (Wildman–Crippen MR) is 73.0 cm³/mol. The van der Waals surface area contributed by atoms with Gasteiger partial charge in [0.25, 0.3) is 0 Å². The third-order valence-electron chi connectivity index (χ3n) is 3.41. The number of hydrogen-bond acceptors (Lipinski definition) is 3. The van der Waals surface area contributed by atoms with Gasteiger partial charge in [0.2, 0.25) is 0 Å². The SMILES string of the molecule is OC(COc1ccccc1C(F)(F)F)C1CCSCC1. The van der Waals surface area contributed by atoms with Gasteiger partial charge in [0.15, 0.2) is 0 Å². The average Bonchev–Trinajstić information content (AvgIpc) is 2.45. The van der Waals surface area contributed by atoms with Gasteiger partial charge >= 0.3 is 6.18 Å². The van der Waals surface area contributed by atoms with Crippen molar-refractivity contribution < 1.29 is 23.0 Å². The summed E-state index contributed by atoms with van der Waals surface area (Å²) in [7, 11) is 0. The summed E-state index contributed by atoms with van der Waals surface area (Å²) in [6.45, 7) is -0.0948. The van der Waals surface area contributed by atoms with Crippen molar-refractivity contribution in [2.75, 3.05) is 18.1 Å². The number of hydrogen-bond donors (Lipinski definition) is 1. The van der Waals surface area contributed by atoms with Crippen LogP contribution in [0.25, 0.3) is 0 Å². The van der Waals surface area contributed by atoms with Gasteiger partial charge < -0.3 is 9.84 Å². The smallest absolute Gasteiger partial charge is 0.419 e. The molecule has 1 aromatic carbocycles. The highest BCUT2D eigenvalue weighted by atomic mass is 32.2. The minimum atomic E-state index is -4.44. The Kier molecular flexibility index (Phi) is 5.21. The molecule has 1 saturated heterocycles. The molecule has 0 saturated carbocycles. The Labute approximate surface area is 120 Å². The van der Waals surface area contributed by atoms with Crippen molar-refractivity contribution in [3.63, 3.8) is 0 Å². The Hall–Kier alpha value is -0.880. The molecule has 1 unspecified atom stereocenters. The molecule has 20 heavy (non-hydrogen) atoms. The topological polar surface area (TPSA) is 29.5 Å². The lowest BCUT2D eigenvalue weighted by molar-refractivity contribution is -0.139. The molecule has 1 atom stereocenters. The quantitative estimate of drug-likeness (QED) is 0.922. The van der Waals surface area contributed by atoms with Crippen molar-refractivity contribution in [2.45, 2.75) is 25.1 Å². The van der Waals surface area contributed by atoms with E-state index >= 15 is 0 Å². The van der Waals surface area contributed by atoms with Crippen molar-refractivity contribution in [3.8, 4) is 5.75 Å². The number of thioether (sulfide) groups is 1. The molecule has 0 amide bonds. The molecule has 1 fully saturated rings. The summed E-state index contributed by atoms with van der Waals surface area (Å²) >= 11 is 1.84. The third kappa shape index (κ3) is 4.06. The fourth-order valence-corrected chi connectivity index (χ4v) is 3.38. The molecular weight excluding hydrogens is 289 g/mol. The molecule has 1 aromatic rings. The molecule has 1 aliphatic heterocycles. The summed E-state index contributed by atoms with van der Waals surface area (Å²) in [4.78, 5) is 0. The highest BCUT2D eigenvalue weighted by molar-refractivity contribution is 7.99. The monoisotopic (exact) mass is 306 g/mol. The predicted octanol–water partition coefficient (Wildman–Crippen LogP) is 3.59. The molecule has 0 aliphatic carbocycles. The van der Waals surface area contributed by atoms with E-state index in [4.69, 9.17) is 4.74 Å². The molecule has 0 radical (unpaired) electrons. The van der Waals surface area contributed by atoms with Crippen LogP contribution in [-0.2, 0) is 6.18 Å². The first-order valence-corrected chi connectivity index (χ1v) is 7.69. The van der Waals surface area contributed by atoms with Crippen LogP contribution < -0.4 is 4.74 Å². The summed E-state index contributed by atoms with van der Waals surface area (Å²) in [6.07, 6.45) is -3.38. The second-order valence-corrected chi connectivity index (χ2v) is 6.05. The van der Waals surface area contributed by atoms with Gasteiger partial charge in [-0.3, -0.25) is 0 Å². The van der Waals surface area contributed by atoms with Crippen molar-refractivity contribution in [1.82, 2.24) is 0 Å². The van der Waals surface area contributed by atoms with Crippen LogP contribution in [0.4, 0.5) is 13.2 Å². The van der Waals surface area contributed by atoms with E-state index in [0.29, 0.717) is 0 Å². The summed E-state index contributed by atoms with van der Waals surface area (Å²) in [5.41, 5.74) is -0.800. The van der Waals surface area contributed by atoms with Crippen molar-refractivity contribution >= 4 is 11.8 Å². The second kappa shape index (κ2) is 6.72. The minimum Gasteiger partial charge on any atom is -0.490 e. The number of rotatable bonds is 4. The number of para-hydroxylation sites is 1. The van der Waals surface area contributed by atoms with E-state index < -0.39 is 17.8 Å². The van der Waals surface area contributed by atoms with E-state index in [1.165, 1.54) is 18.2 Å². The normalized spacial score (nSPS) is 18.8. The van der Waals surface area contributed by atoms with E-state index in [-0.39, 0.29) is 18.3 Å². The summed E-state index contributed by atoms with van der Waals surface area (Å²) in [5.74, 6) is 1.88. The highest BCUT2D eigenvalue weighted by Gasteiger charge is 2.34. The van der Waals surface area contributed by atoms with E-state index in [1.54, 1.807) is 0 Å².